The summed E-state index contributed by atoms with van der Waals surface area (Å²) < 4.78 is 2.50. The van der Waals surface area contributed by atoms with Gasteiger partial charge in [-0.15, -0.1) is 11.3 Å². The van der Waals surface area contributed by atoms with Crippen LogP contribution in [0.1, 0.15) is 0 Å². The Morgan fingerprint density at radius 2 is 0.411 bits per heavy atom. The first-order valence-corrected chi connectivity index (χ1v) is 25.6. The van der Waals surface area contributed by atoms with E-state index in [1.165, 1.54) is 41.7 Å². The summed E-state index contributed by atoms with van der Waals surface area (Å²) in [6.45, 7) is 0. The van der Waals surface area contributed by atoms with E-state index in [9.17, 15) is 0 Å². The van der Waals surface area contributed by atoms with Crippen molar-refractivity contribution in [1.29, 1.82) is 0 Å². The molecule has 0 aliphatic carbocycles. The second-order valence-electron chi connectivity index (χ2n) is 18.2. The zero-order chi connectivity index (χ0) is 48.5. The number of hydrogen-bond acceptors (Lipinski definition) is 5. The van der Waals surface area contributed by atoms with E-state index in [0.29, 0.717) is 0 Å². The fourth-order valence-electron chi connectivity index (χ4n) is 10.3. The molecule has 0 radical (unpaired) electrons. The third-order valence-corrected chi connectivity index (χ3v) is 14.9. The molecule has 0 N–H and O–H groups in total. The summed E-state index contributed by atoms with van der Waals surface area (Å²) in [7, 11) is 0. The lowest BCUT2D eigenvalue weighted by Gasteiger charge is -2.29. The van der Waals surface area contributed by atoms with Gasteiger partial charge in [-0.3, -0.25) is 0 Å². The molecular weight excluding hydrogens is 905 g/mol. The molecule has 5 heteroatoms. The second kappa shape index (κ2) is 19.1. The van der Waals surface area contributed by atoms with Crippen molar-refractivity contribution in [3.8, 4) is 0 Å². The van der Waals surface area contributed by atoms with Crippen LogP contribution in [0.2, 0.25) is 0 Å². The molecule has 1 heterocycles. The molecule has 0 bridgehead atoms. The Balaban J connectivity index is 0.878. The maximum Gasteiger partial charge on any atom is 0.0468 e. The Morgan fingerprint density at radius 3 is 0.726 bits per heavy atom. The van der Waals surface area contributed by atoms with Crippen molar-refractivity contribution in [3.63, 3.8) is 0 Å². The molecule has 346 valence electrons. The summed E-state index contributed by atoms with van der Waals surface area (Å²) in [5.41, 5.74) is 13.1. The SMILES string of the molecule is c1ccc(N(c2ccc(N(c3ccccc3)c3ccc4sc5ccc(N(c6ccccc6)c6ccc(N(c7ccccc7)c7ccc8ccccc8c7)cc6)cc5c4c3)cc2)c2ccc3ccccc3c2)cc1. The van der Waals surface area contributed by atoms with E-state index < -0.39 is 0 Å². The molecule has 0 aliphatic heterocycles. The van der Waals surface area contributed by atoms with E-state index in [4.69, 9.17) is 0 Å². The molecule has 13 rings (SSSR count). The van der Waals surface area contributed by atoms with Crippen molar-refractivity contribution in [1.82, 2.24) is 0 Å². The van der Waals surface area contributed by atoms with Gasteiger partial charge in [0, 0.05) is 88.4 Å². The molecule has 1 aromatic heterocycles. The molecule has 73 heavy (non-hydrogen) atoms. The maximum absolute atomic E-state index is 2.37. The van der Waals surface area contributed by atoms with Crippen molar-refractivity contribution >= 4 is 121 Å². The van der Waals surface area contributed by atoms with Crippen LogP contribution in [0.5, 0.6) is 0 Å². The fourth-order valence-corrected chi connectivity index (χ4v) is 11.3. The Labute approximate surface area is 429 Å². The molecule has 0 amide bonds. The summed E-state index contributed by atoms with van der Waals surface area (Å²) >= 11 is 1.84. The van der Waals surface area contributed by atoms with Crippen LogP contribution in [0, 0.1) is 0 Å². The smallest absolute Gasteiger partial charge is 0.0468 e. The zero-order valence-corrected chi connectivity index (χ0v) is 40.7. The molecule has 0 spiro atoms. The van der Waals surface area contributed by atoms with E-state index in [1.807, 2.05) is 11.3 Å². The third kappa shape index (κ3) is 8.48. The Hall–Kier alpha value is -9.42. The van der Waals surface area contributed by atoms with E-state index in [-0.39, 0.29) is 0 Å². The van der Waals surface area contributed by atoms with Crippen LogP contribution in [0.4, 0.5) is 68.2 Å². The first-order chi connectivity index (χ1) is 36.2. The van der Waals surface area contributed by atoms with Crippen LogP contribution >= 0.6 is 11.3 Å². The minimum atomic E-state index is 1.08. The number of para-hydroxylation sites is 4. The molecule has 12 aromatic carbocycles. The zero-order valence-electron chi connectivity index (χ0n) is 39.9. The lowest BCUT2D eigenvalue weighted by atomic mass is 10.1. The second-order valence-corrected chi connectivity index (χ2v) is 19.3. The Kier molecular flexibility index (Phi) is 11.4. The van der Waals surface area contributed by atoms with Crippen molar-refractivity contribution in [3.05, 3.63) is 291 Å². The minimum Gasteiger partial charge on any atom is -0.310 e. The van der Waals surface area contributed by atoms with Crippen LogP contribution in [-0.4, -0.2) is 0 Å². The van der Waals surface area contributed by atoms with Crippen LogP contribution < -0.4 is 19.6 Å². The lowest BCUT2D eigenvalue weighted by Crippen LogP contribution is -2.12. The van der Waals surface area contributed by atoms with Gasteiger partial charge in [0.25, 0.3) is 0 Å². The summed E-state index contributed by atoms with van der Waals surface area (Å²) in [5, 5.41) is 7.32. The molecule has 4 nitrogen and oxygen atoms in total. The largest absolute Gasteiger partial charge is 0.310 e. The summed E-state index contributed by atoms with van der Waals surface area (Å²) in [5.74, 6) is 0. The lowest BCUT2D eigenvalue weighted by molar-refractivity contribution is 1.26. The molecule has 0 fully saturated rings. The Morgan fingerprint density at radius 1 is 0.178 bits per heavy atom. The topological polar surface area (TPSA) is 13.0 Å². The van der Waals surface area contributed by atoms with Crippen LogP contribution in [0.25, 0.3) is 41.7 Å². The van der Waals surface area contributed by atoms with Gasteiger partial charge >= 0.3 is 0 Å². The van der Waals surface area contributed by atoms with Crippen LogP contribution in [0.3, 0.4) is 0 Å². The highest BCUT2D eigenvalue weighted by molar-refractivity contribution is 7.25. The predicted molar refractivity (Wildman–Crippen MR) is 313 cm³/mol. The van der Waals surface area contributed by atoms with Gasteiger partial charge in [-0.05, 0) is 179 Å². The quantitative estimate of drug-likeness (QED) is 0.121. The normalized spacial score (nSPS) is 11.3. The first kappa shape index (κ1) is 43.6. The van der Waals surface area contributed by atoms with Gasteiger partial charge in [-0.2, -0.15) is 0 Å². The fraction of sp³-hybridized carbons (Fsp3) is 0. The molecule has 0 aliphatic rings. The maximum atomic E-state index is 2.37. The van der Waals surface area contributed by atoms with E-state index in [1.54, 1.807) is 0 Å². The van der Waals surface area contributed by atoms with Gasteiger partial charge in [-0.25, -0.2) is 0 Å². The molecule has 0 atom stereocenters. The standard InChI is InChI=1S/C68H48N4S/c1-5-21-53(22-6-1)69(61-31-29-49-17-13-15-19-51(49)45-61)57-33-37-59(38-34-57)71(55-25-9-3-10-26-55)63-41-43-67-65(47-63)66-48-64(42-44-68(66)73-67)72(56-27-11-4-12-28-56)60-39-35-58(36-40-60)70(54-23-7-2-8-24-54)62-32-30-50-18-14-16-20-52(50)46-62/h1-48H. The van der Waals surface area contributed by atoms with Gasteiger partial charge < -0.3 is 19.6 Å². The van der Waals surface area contributed by atoms with Crippen molar-refractivity contribution < 1.29 is 0 Å². The summed E-state index contributed by atoms with van der Waals surface area (Å²) in [6.07, 6.45) is 0. The number of benzene rings is 12. The predicted octanol–water partition coefficient (Wildman–Crippen LogP) is 20.2. The number of hydrogen-bond donors (Lipinski definition) is 0. The van der Waals surface area contributed by atoms with Crippen LogP contribution in [0.15, 0.2) is 291 Å². The van der Waals surface area contributed by atoms with Gasteiger partial charge in [0.15, 0.2) is 0 Å². The average molecular weight is 953 g/mol. The number of nitrogens with zero attached hydrogens (tertiary/aromatic N) is 4. The highest BCUT2D eigenvalue weighted by Crippen LogP contribution is 2.46. The first-order valence-electron chi connectivity index (χ1n) is 24.7. The number of thiophene rings is 1. The van der Waals surface area contributed by atoms with Gasteiger partial charge in [0.1, 0.15) is 0 Å². The molecular formula is C68H48N4S. The number of fused-ring (bicyclic) bond motifs is 5. The third-order valence-electron chi connectivity index (χ3n) is 13.7. The van der Waals surface area contributed by atoms with E-state index >= 15 is 0 Å². The van der Waals surface area contributed by atoms with Crippen molar-refractivity contribution in [2.24, 2.45) is 0 Å². The number of rotatable bonds is 12. The minimum absolute atomic E-state index is 1.08. The van der Waals surface area contributed by atoms with Gasteiger partial charge in [0.05, 0.1) is 0 Å². The molecule has 0 saturated carbocycles. The highest BCUT2D eigenvalue weighted by Gasteiger charge is 2.20. The van der Waals surface area contributed by atoms with Gasteiger partial charge in [-0.1, -0.05) is 133 Å². The summed E-state index contributed by atoms with van der Waals surface area (Å²) in [4.78, 5) is 9.41. The van der Waals surface area contributed by atoms with E-state index in [2.05, 4.69) is 311 Å². The molecule has 0 unspecified atom stereocenters. The van der Waals surface area contributed by atoms with Crippen molar-refractivity contribution in [2.75, 3.05) is 19.6 Å². The monoisotopic (exact) mass is 952 g/mol. The van der Waals surface area contributed by atoms with E-state index in [0.717, 1.165) is 68.2 Å². The average Bonchev–Trinajstić information content (AvgIpc) is 3.83. The molecule has 13 aromatic rings. The van der Waals surface area contributed by atoms with Crippen LogP contribution in [-0.2, 0) is 0 Å². The number of anilines is 12. The van der Waals surface area contributed by atoms with Crippen molar-refractivity contribution in [2.45, 2.75) is 0 Å². The highest BCUT2D eigenvalue weighted by atomic mass is 32.1. The van der Waals surface area contributed by atoms with Gasteiger partial charge in [0.2, 0.25) is 0 Å². The Bertz CT molecular complexity index is 3770. The summed E-state index contributed by atoms with van der Waals surface area (Å²) in [6, 6.07) is 105. The molecule has 0 saturated heterocycles.